The van der Waals surface area contributed by atoms with E-state index in [9.17, 15) is 8.42 Å². The molecule has 5 nitrogen and oxygen atoms in total. The third-order valence-electron chi connectivity index (χ3n) is 1.72. The maximum atomic E-state index is 11.2. The van der Waals surface area contributed by atoms with E-state index in [4.69, 9.17) is 11.6 Å². The van der Waals surface area contributed by atoms with Gasteiger partial charge in [0.15, 0.2) is 0 Å². The van der Waals surface area contributed by atoms with E-state index in [2.05, 4.69) is 9.71 Å². The summed E-state index contributed by atoms with van der Waals surface area (Å²) >= 11 is 5.34. The summed E-state index contributed by atoms with van der Waals surface area (Å²) in [5.41, 5.74) is 0. The number of rotatable bonds is 5. The molecule has 1 N–H and O–H groups in total. The average Bonchev–Trinajstić information content (AvgIpc) is 2.48. The van der Waals surface area contributed by atoms with Crippen LogP contribution in [0.4, 0.5) is 0 Å². The molecule has 7 heteroatoms. The van der Waals surface area contributed by atoms with Crippen molar-refractivity contribution in [2.24, 2.45) is 7.05 Å². The van der Waals surface area contributed by atoms with E-state index in [0.717, 1.165) is 0 Å². The van der Waals surface area contributed by atoms with Gasteiger partial charge in [0.1, 0.15) is 5.82 Å². The zero-order valence-corrected chi connectivity index (χ0v) is 9.35. The summed E-state index contributed by atoms with van der Waals surface area (Å²) in [5, 5.41) is 0. The molecule has 80 valence electrons. The summed E-state index contributed by atoms with van der Waals surface area (Å²) in [5.74, 6) is 0.692. The lowest BCUT2D eigenvalue weighted by molar-refractivity contribution is 0.579. The van der Waals surface area contributed by atoms with Crippen LogP contribution in [0.1, 0.15) is 5.82 Å². The molecule has 0 atom stereocenters. The Hall–Kier alpha value is -0.590. The van der Waals surface area contributed by atoms with Gasteiger partial charge >= 0.3 is 0 Å². The molecule has 1 aromatic heterocycles. The zero-order chi connectivity index (χ0) is 10.6. The Kier molecular flexibility index (Phi) is 3.91. The summed E-state index contributed by atoms with van der Waals surface area (Å²) < 4.78 is 26.6. The molecule has 0 aliphatic carbocycles. The second kappa shape index (κ2) is 4.77. The number of aromatic nitrogens is 2. The van der Waals surface area contributed by atoms with E-state index in [1.54, 1.807) is 24.0 Å². The first kappa shape index (κ1) is 11.5. The van der Waals surface area contributed by atoms with Gasteiger partial charge in [0.25, 0.3) is 0 Å². The Morgan fingerprint density at radius 3 is 2.86 bits per heavy atom. The number of imidazole rings is 1. The molecule has 0 saturated heterocycles. The lowest BCUT2D eigenvalue weighted by Gasteiger charge is -2.04. The lowest BCUT2D eigenvalue weighted by Crippen LogP contribution is -2.27. The maximum absolute atomic E-state index is 11.2. The van der Waals surface area contributed by atoms with Gasteiger partial charge < -0.3 is 4.57 Å². The average molecular weight is 238 g/mol. The van der Waals surface area contributed by atoms with Crippen molar-refractivity contribution in [1.82, 2.24) is 14.3 Å². The molecule has 1 heterocycles. The first-order chi connectivity index (χ1) is 6.55. The molecule has 0 fully saturated rings. The van der Waals surface area contributed by atoms with Crippen LogP contribution in [0.5, 0.6) is 0 Å². The van der Waals surface area contributed by atoms with Crippen LogP contribution < -0.4 is 4.72 Å². The minimum Gasteiger partial charge on any atom is -0.337 e. The van der Waals surface area contributed by atoms with Gasteiger partial charge in [-0.25, -0.2) is 18.1 Å². The molecule has 0 radical (unpaired) electrons. The van der Waals surface area contributed by atoms with E-state index >= 15 is 0 Å². The fourth-order valence-corrected chi connectivity index (χ4v) is 2.22. The standard InChI is InChI=1S/C7H12ClN3O2S/c1-11-4-3-9-7(11)6-10-14(12,13)5-2-8/h3-4,10H,2,5-6H2,1H3. The van der Waals surface area contributed by atoms with E-state index in [-0.39, 0.29) is 18.2 Å². The van der Waals surface area contributed by atoms with Gasteiger partial charge in [-0.2, -0.15) is 0 Å². The SMILES string of the molecule is Cn1ccnc1CNS(=O)(=O)CCCl. The summed E-state index contributed by atoms with van der Waals surface area (Å²) in [6, 6.07) is 0. The van der Waals surface area contributed by atoms with Crippen LogP contribution in [0.2, 0.25) is 0 Å². The molecule has 1 rings (SSSR count). The Morgan fingerprint density at radius 2 is 2.36 bits per heavy atom. The second-order valence-corrected chi connectivity index (χ2v) is 5.09. The van der Waals surface area contributed by atoms with Crippen molar-refractivity contribution in [3.63, 3.8) is 0 Å². The predicted octanol–water partition coefficient (Wildman–Crippen LogP) is 0.0783. The number of hydrogen-bond donors (Lipinski definition) is 1. The van der Waals surface area contributed by atoms with Crippen molar-refractivity contribution in [3.8, 4) is 0 Å². The maximum Gasteiger partial charge on any atom is 0.213 e. The minimum atomic E-state index is -3.26. The molecule has 1 aromatic rings. The molecule has 0 spiro atoms. The van der Waals surface area contributed by atoms with Gasteiger partial charge in [0.2, 0.25) is 10.0 Å². The number of hydrogen-bond acceptors (Lipinski definition) is 3. The number of nitrogens with zero attached hydrogens (tertiary/aromatic N) is 2. The highest BCUT2D eigenvalue weighted by atomic mass is 35.5. The highest BCUT2D eigenvalue weighted by Crippen LogP contribution is 1.95. The summed E-state index contributed by atoms with van der Waals surface area (Å²) in [4.78, 5) is 3.98. The Balaban J connectivity index is 2.53. The summed E-state index contributed by atoms with van der Waals surface area (Å²) in [6.07, 6.45) is 3.37. The fourth-order valence-electron chi connectivity index (χ4n) is 0.915. The van der Waals surface area contributed by atoms with E-state index < -0.39 is 10.0 Å². The van der Waals surface area contributed by atoms with Crippen molar-refractivity contribution in [2.75, 3.05) is 11.6 Å². The van der Waals surface area contributed by atoms with Gasteiger partial charge in [-0.1, -0.05) is 0 Å². The van der Waals surface area contributed by atoms with Crippen LogP contribution in [0.15, 0.2) is 12.4 Å². The van der Waals surface area contributed by atoms with Gasteiger partial charge in [0.05, 0.1) is 12.3 Å². The molecule has 0 unspecified atom stereocenters. The van der Waals surface area contributed by atoms with Crippen molar-refractivity contribution >= 4 is 21.6 Å². The van der Waals surface area contributed by atoms with E-state index in [1.807, 2.05) is 0 Å². The summed E-state index contributed by atoms with van der Waals surface area (Å²) in [6.45, 7) is 0.197. The first-order valence-corrected chi connectivity index (χ1v) is 6.23. The van der Waals surface area contributed by atoms with Crippen LogP contribution in [0.3, 0.4) is 0 Å². The Morgan fingerprint density at radius 1 is 1.64 bits per heavy atom. The molecule has 0 saturated carbocycles. The first-order valence-electron chi connectivity index (χ1n) is 4.04. The van der Waals surface area contributed by atoms with Gasteiger partial charge in [0, 0.05) is 25.3 Å². The smallest absolute Gasteiger partial charge is 0.213 e. The number of nitrogens with one attached hydrogen (secondary N) is 1. The predicted molar refractivity (Wildman–Crippen MR) is 54.6 cm³/mol. The van der Waals surface area contributed by atoms with Gasteiger partial charge in [-0.15, -0.1) is 11.6 Å². The molecular weight excluding hydrogens is 226 g/mol. The second-order valence-electron chi connectivity index (χ2n) is 2.78. The van der Waals surface area contributed by atoms with Crippen LogP contribution in [0, 0.1) is 0 Å². The van der Waals surface area contributed by atoms with Crippen molar-refractivity contribution in [2.45, 2.75) is 6.54 Å². The highest BCUT2D eigenvalue weighted by Gasteiger charge is 2.09. The topological polar surface area (TPSA) is 64.0 Å². The molecule has 14 heavy (non-hydrogen) atoms. The fraction of sp³-hybridized carbons (Fsp3) is 0.571. The zero-order valence-electron chi connectivity index (χ0n) is 7.77. The largest absolute Gasteiger partial charge is 0.337 e. The number of sulfonamides is 1. The molecular formula is C7H12ClN3O2S. The van der Waals surface area contributed by atoms with Crippen LogP contribution in [0.25, 0.3) is 0 Å². The minimum absolute atomic E-state index is 0.0705. The van der Waals surface area contributed by atoms with Crippen molar-refractivity contribution < 1.29 is 8.42 Å². The Labute approximate surface area is 88.1 Å². The molecule has 0 bridgehead atoms. The van der Waals surface area contributed by atoms with Crippen molar-refractivity contribution in [3.05, 3.63) is 18.2 Å². The molecule has 0 amide bonds. The summed E-state index contributed by atoms with van der Waals surface area (Å²) in [7, 11) is -1.46. The van der Waals surface area contributed by atoms with Crippen LogP contribution in [-0.2, 0) is 23.6 Å². The molecule has 0 aliphatic rings. The number of halogens is 1. The number of aryl methyl sites for hydroxylation is 1. The van der Waals surface area contributed by atoms with Gasteiger partial charge in [-0.05, 0) is 0 Å². The normalized spacial score (nSPS) is 11.9. The number of alkyl halides is 1. The lowest BCUT2D eigenvalue weighted by atomic mass is 10.6. The van der Waals surface area contributed by atoms with Crippen molar-refractivity contribution in [1.29, 1.82) is 0 Å². The van der Waals surface area contributed by atoms with E-state index in [1.165, 1.54) is 0 Å². The van der Waals surface area contributed by atoms with Crippen LogP contribution in [-0.4, -0.2) is 29.6 Å². The van der Waals surface area contributed by atoms with Crippen LogP contribution >= 0.6 is 11.6 Å². The highest BCUT2D eigenvalue weighted by molar-refractivity contribution is 7.89. The molecule has 0 aliphatic heterocycles. The molecule has 0 aromatic carbocycles. The quantitative estimate of drug-likeness (QED) is 0.738. The monoisotopic (exact) mass is 237 g/mol. The Bertz CT molecular complexity index is 387. The third kappa shape index (κ3) is 3.28. The van der Waals surface area contributed by atoms with E-state index in [0.29, 0.717) is 5.82 Å². The third-order valence-corrected chi connectivity index (χ3v) is 3.46. The van der Waals surface area contributed by atoms with Gasteiger partial charge in [-0.3, -0.25) is 0 Å².